The number of rotatable bonds is 11. The number of aryl methyl sites for hydroxylation is 2. The number of para-hydroxylation sites is 1. The van der Waals surface area contributed by atoms with Crippen LogP contribution in [0.15, 0.2) is 54.3 Å². The summed E-state index contributed by atoms with van der Waals surface area (Å²) >= 11 is 0. The van der Waals surface area contributed by atoms with Crippen molar-refractivity contribution in [2.75, 3.05) is 0 Å². The molecule has 0 saturated heterocycles. The van der Waals surface area contributed by atoms with Crippen molar-refractivity contribution >= 4 is 16.7 Å². The van der Waals surface area contributed by atoms with E-state index in [1.807, 2.05) is 41.5 Å². The Kier molecular flexibility index (Phi) is 14.3. The Balaban J connectivity index is 0.000000438. The number of aliphatic hydroxyl groups excluding tert-OH is 1. The molecule has 0 fully saturated rings. The predicted molar refractivity (Wildman–Crippen MR) is 177 cm³/mol. The molecule has 0 saturated carbocycles. The number of benzene rings is 2. The summed E-state index contributed by atoms with van der Waals surface area (Å²) in [5.74, 6) is 0.286. The molecule has 0 bridgehead atoms. The average molecular weight is 749 g/mol. The van der Waals surface area contributed by atoms with Gasteiger partial charge in [-0.2, -0.15) is 0 Å². The van der Waals surface area contributed by atoms with Gasteiger partial charge in [0.2, 0.25) is 0 Å². The Bertz CT molecular complexity index is 1320. The zero-order valence-electron chi connectivity index (χ0n) is 28.0. The van der Waals surface area contributed by atoms with E-state index in [0.29, 0.717) is 0 Å². The molecule has 0 atom stereocenters. The molecule has 42 heavy (non-hydrogen) atoms. The van der Waals surface area contributed by atoms with Crippen LogP contribution < -0.4 is 0 Å². The number of aromatic nitrogens is 1. The standard InChI is InChI=1S/C23H26N.C15H28O2.Ir/c1-6-23(5,7-2)20-15-22(18-13-16(3)12-17(4)14-18)24-21-11-9-8-10-19(20)21;1-7-14(5,8-2)12(16)11-13(17)15(6,9-3)10-4;/h8-13,15H,6-7H2,1-5H3;11,16H,7-10H2,1-6H3;/q-1;;/b;12-11-;. The van der Waals surface area contributed by atoms with Gasteiger partial charge in [-0.3, -0.25) is 9.78 Å². The van der Waals surface area contributed by atoms with Crippen molar-refractivity contribution in [2.45, 2.75) is 120 Å². The van der Waals surface area contributed by atoms with E-state index in [0.717, 1.165) is 60.9 Å². The first kappa shape index (κ1) is 37.7. The molecule has 0 aliphatic carbocycles. The maximum Gasteiger partial charge on any atom is 0.164 e. The van der Waals surface area contributed by atoms with Crippen molar-refractivity contribution in [1.29, 1.82) is 0 Å². The number of carbonyl (C=O) groups excluding carboxylic acids is 1. The SMILES string of the molecule is CCC(C)(CC)C(=O)/C=C(\O)C(C)(CC)CC.CCC(C)(CC)c1cc(-c2[c-]c(C)cc(C)c2)nc2ccccc12.[Ir]. The topological polar surface area (TPSA) is 50.2 Å². The zero-order chi connectivity index (χ0) is 31.0. The minimum atomic E-state index is -0.337. The van der Waals surface area contributed by atoms with Gasteiger partial charge in [-0.05, 0) is 61.3 Å². The third-order valence-corrected chi connectivity index (χ3v) is 9.95. The monoisotopic (exact) mass is 749 g/mol. The van der Waals surface area contributed by atoms with Gasteiger partial charge in [0.05, 0.1) is 5.52 Å². The number of hydrogen-bond acceptors (Lipinski definition) is 3. The first-order valence-electron chi connectivity index (χ1n) is 15.6. The molecule has 4 heteroatoms. The van der Waals surface area contributed by atoms with Gasteiger partial charge in [-0.25, -0.2) is 0 Å². The Labute approximate surface area is 270 Å². The van der Waals surface area contributed by atoms with Crippen molar-refractivity contribution in [2.24, 2.45) is 10.8 Å². The fourth-order valence-corrected chi connectivity index (χ4v) is 5.16. The molecule has 1 aromatic heterocycles. The summed E-state index contributed by atoms with van der Waals surface area (Å²) in [6.45, 7) is 23.2. The summed E-state index contributed by atoms with van der Waals surface area (Å²) in [6, 6.07) is 18.6. The quantitative estimate of drug-likeness (QED) is 0.121. The van der Waals surface area contributed by atoms with E-state index in [-0.39, 0.29) is 47.9 Å². The molecule has 3 nitrogen and oxygen atoms in total. The number of ketones is 1. The summed E-state index contributed by atoms with van der Waals surface area (Å²) in [6.07, 6.45) is 6.99. The molecule has 0 unspecified atom stereocenters. The maximum absolute atomic E-state index is 12.2. The third-order valence-electron chi connectivity index (χ3n) is 9.95. The largest absolute Gasteiger partial charge is 0.512 e. The summed E-state index contributed by atoms with van der Waals surface area (Å²) in [4.78, 5) is 17.1. The summed E-state index contributed by atoms with van der Waals surface area (Å²) in [5, 5.41) is 11.4. The van der Waals surface area contributed by atoms with Gasteiger partial charge in [0.1, 0.15) is 5.76 Å². The molecule has 1 radical (unpaired) electrons. The predicted octanol–water partition coefficient (Wildman–Crippen LogP) is 11.0. The number of aliphatic hydroxyl groups is 1. The van der Waals surface area contributed by atoms with Crippen molar-refractivity contribution in [3.05, 3.63) is 77.1 Å². The molecular formula is C38H54IrNO2-. The number of hydrogen-bond donors (Lipinski definition) is 1. The second kappa shape index (κ2) is 16.0. The van der Waals surface area contributed by atoms with Gasteiger partial charge in [-0.15, -0.1) is 34.9 Å². The van der Waals surface area contributed by atoms with Crippen LogP contribution >= 0.6 is 0 Å². The second-order valence-corrected chi connectivity index (χ2v) is 12.5. The van der Waals surface area contributed by atoms with Crippen molar-refractivity contribution in [3.8, 4) is 11.3 Å². The van der Waals surface area contributed by atoms with Crippen LogP contribution in [-0.2, 0) is 30.3 Å². The van der Waals surface area contributed by atoms with Gasteiger partial charge < -0.3 is 5.11 Å². The number of pyridine rings is 1. The summed E-state index contributed by atoms with van der Waals surface area (Å²) in [7, 11) is 0. The fourth-order valence-electron chi connectivity index (χ4n) is 5.16. The Morgan fingerprint density at radius 3 is 1.88 bits per heavy atom. The Hall–Kier alpha value is -2.29. The number of carbonyl (C=O) groups is 1. The molecule has 0 spiro atoms. The van der Waals surface area contributed by atoms with E-state index < -0.39 is 0 Å². The molecular weight excluding hydrogens is 695 g/mol. The van der Waals surface area contributed by atoms with Gasteiger partial charge in [0.15, 0.2) is 5.78 Å². The summed E-state index contributed by atoms with van der Waals surface area (Å²) < 4.78 is 0. The normalized spacial score (nSPS) is 12.4. The van der Waals surface area contributed by atoms with E-state index in [1.165, 1.54) is 22.6 Å². The molecule has 0 aliphatic heterocycles. The van der Waals surface area contributed by atoms with Crippen molar-refractivity contribution < 1.29 is 30.0 Å². The Morgan fingerprint density at radius 1 is 0.833 bits per heavy atom. The van der Waals surface area contributed by atoms with E-state index in [2.05, 4.69) is 83.1 Å². The van der Waals surface area contributed by atoms with Crippen LogP contribution in [0.5, 0.6) is 0 Å². The first-order valence-corrected chi connectivity index (χ1v) is 15.6. The Morgan fingerprint density at radius 2 is 1.38 bits per heavy atom. The molecule has 2 aromatic carbocycles. The van der Waals surface area contributed by atoms with E-state index in [9.17, 15) is 9.90 Å². The van der Waals surface area contributed by atoms with Crippen LogP contribution in [0.3, 0.4) is 0 Å². The van der Waals surface area contributed by atoms with Gasteiger partial charge in [0, 0.05) is 42.4 Å². The van der Waals surface area contributed by atoms with Crippen LogP contribution in [0, 0.1) is 30.7 Å². The maximum atomic E-state index is 12.2. The average Bonchev–Trinajstić information content (AvgIpc) is 2.98. The number of nitrogens with zero attached hydrogens (tertiary/aromatic N) is 1. The van der Waals surface area contributed by atoms with Gasteiger partial charge >= 0.3 is 0 Å². The smallest absolute Gasteiger partial charge is 0.164 e. The minimum Gasteiger partial charge on any atom is -0.512 e. The molecule has 3 aromatic rings. The van der Waals surface area contributed by atoms with E-state index in [4.69, 9.17) is 4.98 Å². The first-order chi connectivity index (χ1) is 19.3. The number of fused-ring (bicyclic) bond motifs is 1. The molecule has 233 valence electrons. The fraction of sp³-hybridized carbons (Fsp3) is 0.526. The molecule has 3 rings (SSSR count). The van der Waals surface area contributed by atoms with Crippen molar-refractivity contribution in [3.63, 3.8) is 0 Å². The van der Waals surface area contributed by atoms with Crippen LogP contribution in [0.2, 0.25) is 0 Å². The molecule has 1 heterocycles. The summed E-state index contributed by atoms with van der Waals surface area (Å²) in [5.41, 5.74) is 6.58. The minimum absolute atomic E-state index is 0. The van der Waals surface area contributed by atoms with Gasteiger partial charge in [-0.1, -0.05) is 100 Å². The van der Waals surface area contributed by atoms with Crippen LogP contribution in [0.25, 0.3) is 22.2 Å². The van der Waals surface area contributed by atoms with Crippen LogP contribution in [0.4, 0.5) is 0 Å². The molecule has 1 N–H and O–H groups in total. The van der Waals surface area contributed by atoms with Crippen LogP contribution in [-0.4, -0.2) is 15.9 Å². The van der Waals surface area contributed by atoms with E-state index >= 15 is 0 Å². The van der Waals surface area contributed by atoms with E-state index in [1.54, 1.807) is 0 Å². The van der Waals surface area contributed by atoms with Crippen molar-refractivity contribution in [1.82, 2.24) is 4.98 Å². The third kappa shape index (κ3) is 8.64. The number of allylic oxidation sites excluding steroid dienone is 2. The zero-order valence-corrected chi connectivity index (χ0v) is 30.4. The van der Waals surface area contributed by atoms with Gasteiger partial charge in [0.25, 0.3) is 0 Å². The second-order valence-electron chi connectivity index (χ2n) is 12.5. The molecule has 0 aliphatic rings. The van der Waals surface area contributed by atoms with Crippen LogP contribution in [0.1, 0.15) is 118 Å². The molecule has 0 amide bonds.